The number of carboxylic acids is 1. The Bertz CT molecular complexity index is 526. The first-order valence-electron chi connectivity index (χ1n) is 4.57. The first-order valence-corrected chi connectivity index (χ1v) is 4.57. The summed E-state index contributed by atoms with van der Waals surface area (Å²) in [5.74, 6) is -1.06. The lowest BCUT2D eigenvalue weighted by molar-refractivity contribution is 0.0698. The van der Waals surface area contributed by atoms with Gasteiger partial charge in [-0.15, -0.1) is 0 Å². The van der Waals surface area contributed by atoms with E-state index < -0.39 is 5.97 Å². The highest BCUT2D eigenvalue weighted by atomic mass is 16.4. The normalized spacial score (nSPS) is 10.0. The Balaban J connectivity index is 2.52. The molecular formula is C11H9N3O2. The van der Waals surface area contributed by atoms with Crippen LogP contribution in [0.2, 0.25) is 0 Å². The maximum absolute atomic E-state index is 10.9. The van der Waals surface area contributed by atoms with Gasteiger partial charge < -0.3 is 10.8 Å². The first-order chi connectivity index (χ1) is 7.68. The van der Waals surface area contributed by atoms with Gasteiger partial charge in [0.25, 0.3) is 0 Å². The molecule has 3 N–H and O–H groups in total. The van der Waals surface area contributed by atoms with Gasteiger partial charge >= 0.3 is 5.97 Å². The van der Waals surface area contributed by atoms with Crippen LogP contribution in [0.15, 0.2) is 36.8 Å². The van der Waals surface area contributed by atoms with E-state index in [2.05, 4.69) is 9.97 Å². The number of carbonyl (C=O) groups is 1. The molecule has 0 aliphatic carbocycles. The van der Waals surface area contributed by atoms with Crippen LogP contribution in [0.1, 0.15) is 10.4 Å². The lowest BCUT2D eigenvalue weighted by atomic mass is 10.1. The van der Waals surface area contributed by atoms with E-state index in [4.69, 9.17) is 10.8 Å². The molecular weight excluding hydrogens is 206 g/mol. The number of anilines is 1. The number of nitrogens with zero attached hydrogens (tertiary/aromatic N) is 2. The summed E-state index contributed by atoms with van der Waals surface area (Å²) in [7, 11) is 0. The highest BCUT2D eigenvalue weighted by Crippen LogP contribution is 2.21. The molecule has 16 heavy (non-hydrogen) atoms. The van der Waals surface area contributed by atoms with Crippen LogP contribution in [0.25, 0.3) is 11.1 Å². The van der Waals surface area contributed by atoms with Gasteiger partial charge in [0, 0.05) is 24.2 Å². The van der Waals surface area contributed by atoms with Crippen molar-refractivity contribution in [2.45, 2.75) is 0 Å². The number of carboxylic acid groups (broad SMARTS) is 1. The maximum atomic E-state index is 10.9. The van der Waals surface area contributed by atoms with Gasteiger partial charge in [0.05, 0.1) is 0 Å². The third-order valence-corrected chi connectivity index (χ3v) is 2.16. The minimum absolute atomic E-state index is 0.00862. The molecule has 0 aliphatic heterocycles. The highest BCUT2D eigenvalue weighted by molar-refractivity contribution is 5.94. The van der Waals surface area contributed by atoms with E-state index in [1.165, 1.54) is 12.3 Å². The fraction of sp³-hybridized carbons (Fsp3) is 0. The largest absolute Gasteiger partial charge is 0.478 e. The van der Waals surface area contributed by atoms with Crippen LogP contribution in [0.5, 0.6) is 0 Å². The van der Waals surface area contributed by atoms with Gasteiger partial charge in [-0.25, -0.2) is 9.78 Å². The zero-order valence-electron chi connectivity index (χ0n) is 8.29. The molecule has 80 valence electrons. The second-order valence-corrected chi connectivity index (χ2v) is 3.20. The average Bonchev–Trinajstić information content (AvgIpc) is 2.30. The molecule has 0 fully saturated rings. The fourth-order valence-electron chi connectivity index (χ4n) is 1.35. The Morgan fingerprint density at radius 3 is 2.56 bits per heavy atom. The SMILES string of the molecule is Nc1ncc(-c2ccncc2)cc1C(=O)O. The van der Waals surface area contributed by atoms with Crippen molar-refractivity contribution in [2.24, 2.45) is 0 Å². The molecule has 0 unspecified atom stereocenters. The van der Waals surface area contributed by atoms with Gasteiger partial charge in [-0.05, 0) is 23.8 Å². The third-order valence-electron chi connectivity index (χ3n) is 2.16. The summed E-state index contributed by atoms with van der Waals surface area (Å²) < 4.78 is 0. The topological polar surface area (TPSA) is 89.1 Å². The number of aromatic carboxylic acids is 1. The van der Waals surface area contributed by atoms with Crippen molar-refractivity contribution in [1.29, 1.82) is 0 Å². The Hall–Kier alpha value is -2.43. The molecule has 0 amide bonds. The summed E-state index contributed by atoms with van der Waals surface area (Å²) in [4.78, 5) is 18.6. The quantitative estimate of drug-likeness (QED) is 0.790. The number of hydrogen-bond donors (Lipinski definition) is 2. The van der Waals surface area contributed by atoms with Crippen molar-refractivity contribution in [3.05, 3.63) is 42.4 Å². The number of nitrogens with two attached hydrogens (primary N) is 1. The smallest absolute Gasteiger partial charge is 0.339 e. The van der Waals surface area contributed by atoms with E-state index in [1.54, 1.807) is 24.5 Å². The van der Waals surface area contributed by atoms with Gasteiger partial charge in [-0.2, -0.15) is 0 Å². The predicted molar refractivity (Wildman–Crippen MR) is 58.8 cm³/mol. The summed E-state index contributed by atoms with van der Waals surface area (Å²) in [5, 5.41) is 8.90. The molecule has 2 rings (SSSR count). The van der Waals surface area contributed by atoms with Crippen LogP contribution >= 0.6 is 0 Å². The molecule has 5 nitrogen and oxygen atoms in total. The molecule has 0 saturated carbocycles. The van der Waals surface area contributed by atoms with Crippen LogP contribution in [0.3, 0.4) is 0 Å². The lowest BCUT2D eigenvalue weighted by Gasteiger charge is -2.04. The minimum Gasteiger partial charge on any atom is -0.478 e. The molecule has 0 radical (unpaired) electrons. The molecule has 5 heteroatoms. The fourth-order valence-corrected chi connectivity index (χ4v) is 1.35. The number of aromatic nitrogens is 2. The van der Waals surface area contributed by atoms with Crippen molar-refractivity contribution < 1.29 is 9.90 Å². The van der Waals surface area contributed by atoms with Crippen molar-refractivity contribution in [2.75, 3.05) is 5.73 Å². The minimum atomic E-state index is -1.08. The van der Waals surface area contributed by atoms with Crippen LogP contribution in [0, 0.1) is 0 Å². The van der Waals surface area contributed by atoms with Crippen molar-refractivity contribution in [3.8, 4) is 11.1 Å². The predicted octanol–water partition coefficient (Wildman–Crippen LogP) is 1.42. The van der Waals surface area contributed by atoms with Crippen LogP contribution in [-0.2, 0) is 0 Å². The summed E-state index contributed by atoms with van der Waals surface area (Å²) in [5.41, 5.74) is 7.03. The van der Waals surface area contributed by atoms with Crippen molar-refractivity contribution in [3.63, 3.8) is 0 Å². The second kappa shape index (κ2) is 3.98. The molecule has 2 heterocycles. The van der Waals surface area contributed by atoms with Crippen molar-refractivity contribution in [1.82, 2.24) is 9.97 Å². The monoisotopic (exact) mass is 215 g/mol. The Morgan fingerprint density at radius 1 is 1.25 bits per heavy atom. The first kappa shape index (κ1) is 10.1. The van der Waals surface area contributed by atoms with E-state index in [0.29, 0.717) is 5.56 Å². The Labute approximate surface area is 91.6 Å². The van der Waals surface area contributed by atoms with Crippen LogP contribution < -0.4 is 5.73 Å². The van der Waals surface area contributed by atoms with Crippen LogP contribution in [0.4, 0.5) is 5.82 Å². The van der Waals surface area contributed by atoms with Gasteiger partial charge in [-0.1, -0.05) is 0 Å². The Morgan fingerprint density at radius 2 is 1.94 bits per heavy atom. The Kier molecular flexibility index (Phi) is 2.51. The maximum Gasteiger partial charge on any atom is 0.339 e. The van der Waals surface area contributed by atoms with Gasteiger partial charge in [0.2, 0.25) is 0 Å². The number of hydrogen-bond acceptors (Lipinski definition) is 4. The molecule has 0 bridgehead atoms. The zero-order valence-corrected chi connectivity index (χ0v) is 8.29. The van der Waals surface area contributed by atoms with E-state index in [-0.39, 0.29) is 11.4 Å². The highest BCUT2D eigenvalue weighted by Gasteiger charge is 2.10. The molecule has 0 aliphatic rings. The second-order valence-electron chi connectivity index (χ2n) is 3.20. The summed E-state index contributed by atoms with van der Waals surface area (Å²) in [6.07, 6.45) is 4.80. The molecule has 2 aromatic heterocycles. The summed E-state index contributed by atoms with van der Waals surface area (Å²) in [6, 6.07) is 5.05. The number of nitrogen functional groups attached to an aromatic ring is 1. The van der Waals surface area contributed by atoms with E-state index in [1.807, 2.05) is 0 Å². The zero-order chi connectivity index (χ0) is 11.5. The van der Waals surface area contributed by atoms with E-state index in [0.717, 1.165) is 5.56 Å². The molecule has 0 spiro atoms. The lowest BCUT2D eigenvalue weighted by Crippen LogP contribution is -2.04. The summed E-state index contributed by atoms with van der Waals surface area (Å²) in [6.45, 7) is 0. The van der Waals surface area contributed by atoms with E-state index in [9.17, 15) is 4.79 Å². The average molecular weight is 215 g/mol. The molecule has 0 saturated heterocycles. The summed E-state index contributed by atoms with van der Waals surface area (Å²) >= 11 is 0. The van der Waals surface area contributed by atoms with Gasteiger partial charge in [0.1, 0.15) is 11.4 Å². The number of rotatable bonds is 2. The van der Waals surface area contributed by atoms with Crippen molar-refractivity contribution >= 4 is 11.8 Å². The van der Waals surface area contributed by atoms with E-state index >= 15 is 0 Å². The van der Waals surface area contributed by atoms with Gasteiger partial charge in [0.15, 0.2) is 0 Å². The molecule has 0 atom stereocenters. The van der Waals surface area contributed by atoms with Gasteiger partial charge in [-0.3, -0.25) is 4.98 Å². The molecule has 0 aromatic carbocycles. The van der Waals surface area contributed by atoms with Crippen LogP contribution in [-0.4, -0.2) is 21.0 Å². The third kappa shape index (κ3) is 1.83. The molecule has 2 aromatic rings. The standard InChI is InChI=1S/C11H9N3O2/c12-10-9(11(15)16)5-8(6-14-10)7-1-3-13-4-2-7/h1-6H,(H2,12,14)(H,15,16). The number of pyridine rings is 2.